The number of hydrogen-bond acceptors (Lipinski definition) is 4. The zero-order valence-electron chi connectivity index (χ0n) is 14.4. The molecule has 0 aliphatic heterocycles. The van der Waals surface area contributed by atoms with E-state index in [1.807, 2.05) is 6.07 Å². The zero-order chi connectivity index (χ0) is 20.5. The van der Waals surface area contributed by atoms with Gasteiger partial charge in [0.1, 0.15) is 10.6 Å². The number of aliphatic carboxylic acids is 1. The lowest BCUT2D eigenvalue weighted by Gasteiger charge is -2.28. The van der Waals surface area contributed by atoms with E-state index in [0.29, 0.717) is 29.5 Å². The summed E-state index contributed by atoms with van der Waals surface area (Å²) in [5.74, 6) is -0.658. The molecular formula is C18H16BrCl2NO5S. The Hall–Kier alpha value is -1.32. The van der Waals surface area contributed by atoms with Gasteiger partial charge in [0.05, 0.1) is 5.02 Å². The average Bonchev–Trinajstić information content (AvgIpc) is 2.62. The predicted molar refractivity (Wildman–Crippen MR) is 110 cm³/mol. The van der Waals surface area contributed by atoms with E-state index in [-0.39, 0.29) is 14.9 Å². The summed E-state index contributed by atoms with van der Waals surface area (Å²) in [6, 6.07) is 7.25. The summed E-state index contributed by atoms with van der Waals surface area (Å²) in [5.41, 5.74) is 1.53. The first-order valence-corrected chi connectivity index (χ1v) is 11.3. The molecular weight excluding hydrogens is 493 g/mol. The molecule has 0 radical (unpaired) electrons. The number of carboxylic acids is 1. The summed E-state index contributed by atoms with van der Waals surface area (Å²) in [6.07, 6.45) is 1.96. The van der Waals surface area contributed by atoms with Gasteiger partial charge in [-0.3, -0.25) is 0 Å². The number of halogens is 3. The molecule has 0 amide bonds. The lowest BCUT2D eigenvalue weighted by Crippen LogP contribution is -2.31. The summed E-state index contributed by atoms with van der Waals surface area (Å²) in [4.78, 5) is 10.8. The maximum absolute atomic E-state index is 12.9. The lowest BCUT2D eigenvalue weighted by atomic mass is 9.87. The largest absolute Gasteiger partial charge is 0.482 e. The van der Waals surface area contributed by atoms with Gasteiger partial charge in [-0.2, -0.15) is 0 Å². The van der Waals surface area contributed by atoms with Crippen LogP contribution in [0.3, 0.4) is 0 Å². The number of carbonyl (C=O) groups is 1. The highest BCUT2D eigenvalue weighted by Gasteiger charge is 2.29. The third-order valence-electron chi connectivity index (χ3n) is 4.33. The minimum atomic E-state index is -3.92. The van der Waals surface area contributed by atoms with Crippen molar-refractivity contribution in [2.24, 2.45) is 0 Å². The van der Waals surface area contributed by atoms with E-state index in [2.05, 4.69) is 20.7 Å². The third kappa shape index (κ3) is 4.80. The van der Waals surface area contributed by atoms with E-state index < -0.39 is 28.6 Å². The molecule has 0 heterocycles. The standard InChI is InChI=1S/C18H16BrCl2NO5S/c19-10-6-13-12(16(7-10)27-9-18(23)24)2-1-3-15(13)22-28(25,26)17-8-11(20)4-5-14(17)21/h4-8,15,22H,1-3,9H2,(H,23,24). The van der Waals surface area contributed by atoms with Crippen LogP contribution in [0.4, 0.5) is 0 Å². The van der Waals surface area contributed by atoms with Gasteiger partial charge in [-0.15, -0.1) is 0 Å². The fourth-order valence-corrected chi connectivity index (χ4v) is 5.64. The molecule has 2 aromatic carbocycles. The molecule has 28 heavy (non-hydrogen) atoms. The van der Waals surface area contributed by atoms with Gasteiger partial charge in [-0.25, -0.2) is 17.9 Å². The van der Waals surface area contributed by atoms with Crippen molar-refractivity contribution in [3.8, 4) is 5.75 Å². The molecule has 0 spiro atoms. The van der Waals surface area contributed by atoms with Crippen LogP contribution in [0.25, 0.3) is 0 Å². The Balaban J connectivity index is 1.96. The molecule has 0 saturated heterocycles. The summed E-state index contributed by atoms with van der Waals surface area (Å²) >= 11 is 15.4. The summed E-state index contributed by atoms with van der Waals surface area (Å²) < 4.78 is 34.5. The van der Waals surface area contributed by atoms with Crippen LogP contribution in [0.5, 0.6) is 5.75 Å². The van der Waals surface area contributed by atoms with Crippen LogP contribution in [-0.4, -0.2) is 26.1 Å². The second-order valence-electron chi connectivity index (χ2n) is 6.29. The number of nitrogens with one attached hydrogen (secondary N) is 1. The monoisotopic (exact) mass is 507 g/mol. The Morgan fingerprint density at radius 3 is 2.75 bits per heavy atom. The van der Waals surface area contributed by atoms with Crippen molar-refractivity contribution < 1.29 is 23.1 Å². The van der Waals surface area contributed by atoms with E-state index in [1.165, 1.54) is 18.2 Å². The number of hydrogen-bond donors (Lipinski definition) is 2. The van der Waals surface area contributed by atoms with Gasteiger partial charge >= 0.3 is 5.97 Å². The number of sulfonamides is 1. The molecule has 2 N–H and O–H groups in total. The molecule has 0 saturated carbocycles. The highest BCUT2D eigenvalue weighted by atomic mass is 79.9. The van der Waals surface area contributed by atoms with Crippen molar-refractivity contribution in [1.29, 1.82) is 0 Å². The molecule has 1 atom stereocenters. The van der Waals surface area contributed by atoms with E-state index in [4.69, 9.17) is 33.0 Å². The van der Waals surface area contributed by atoms with Crippen LogP contribution in [0.15, 0.2) is 39.7 Å². The quantitative estimate of drug-likeness (QED) is 0.595. The van der Waals surface area contributed by atoms with Gasteiger partial charge in [0, 0.05) is 15.5 Å². The van der Waals surface area contributed by atoms with E-state index >= 15 is 0 Å². The summed E-state index contributed by atoms with van der Waals surface area (Å²) in [6.45, 7) is -0.475. The number of ether oxygens (including phenoxy) is 1. The summed E-state index contributed by atoms with van der Waals surface area (Å²) in [5, 5.41) is 9.22. The molecule has 1 aliphatic rings. The van der Waals surface area contributed by atoms with Crippen molar-refractivity contribution >= 4 is 55.1 Å². The Kier molecular flexibility index (Phi) is 6.56. The maximum atomic E-state index is 12.9. The van der Waals surface area contributed by atoms with Gasteiger partial charge in [-0.05, 0) is 60.7 Å². The van der Waals surface area contributed by atoms with E-state index in [0.717, 1.165) is 11.1 Å². The molecule has 0 aromatic heterocycles. The van der Waals surface area contributed by atoms with Crippen LogP contribution < -0.4 is 9.46 Å². The second-order valence-corrected chi connectivity index (χ2v) is 9.74. The van der Waals surface area contributed by atoms with E-state index in [9.17, 15) is 13.2 Å². The van der Waals surface area contributed by atoms with Gasteiger partial charge in [0.2, 0.25) is 10.0 Å². The average molecular weight is 509 g/mol. The number of rotatable bonds is 6. The lowest BCUT2D eigenvalue weighted by molar-refractivity contribution is -0.139. The van der Waals surface area contributed by atoms with Crippen LogP contribution in [0.1, 0.15) is 30.0 Å². The topological polar surface area (TPSA) is 92.7 Å². The van der Waals surface area contributed by atoms with Crippen molar-refractivity contribution in [2.45, 2.75) is 30.2 Å². The first-order valence-electron chi connectivity index (χ1n) is 8.31. The molecule has 3 rings (SSSR count). The normalized spacial score (nSPS) is 16.5. The molecule has 0 fully saturated rings. The molecule has 0 bridgehead atoms. The van der Waals surface area contributed by atoms with Crippen molar-refractivity contribution in [1.82, 2.24) is 4.72 Å². The number of benzene rings is 2. The minimum absolute atomic E-state index is 0.0765. The zero-order valence-corrected chi connectivity index (χ0v) is 18.3. The van der Waals surface area contributed by atoms with Crippen LogP contribution >= 0.6 is 39.1 Å². The smallest absolute Gasteiger partial charge is 0.341 e. The molecule has 150 valence electrons. The van der Waals surface area contributed by atoms with Gasteiger partial charge in [0.15, 0.2) is 6.61 Å². The highest BCUT2D eigenvalue weighted by Crippen LogP contribution is 2.39. The minimum Gasteiger partial charge on any atom is -0.482 e. The van der Waals surface area contributed by atoms with Crippen LogP contribution in [0.2, 0.25) is 10.0 Å². The molecule has 1 unspecified atom stereocenters. The molecule has 10 heteroatoms. The fraction of sp³-hybridized carbons (Fsp3) is 0.278. The Morgan fingerprint density at radius 1 is 1.29 bits per heavy atom. The number of carboxylic acid groups (broad SMARTS) is 1. The Morgan fingerprint density at radius 2 is 2.04 bits per heavy atom. The summed E-state index contributed by atoms with van der Waals surface area (Å²) in [7, 11) is -3.92. The molecule has 1 aliphatic carbocycles. The van der Waals surface area contributed by atoms with Gasteiger partial charge in [0.25, 0.3) is 0 Å². The third-order valence-corrected chi connectivity index (χ3v) is 6.98. The Labute approximate surface area is 181 Å². The van der Waals surface area contributed by atoms with E-state index in [1.54, 1.807) is 6.07 Å². The molecule has 6 nitrogen and oxygen atoms in total. The molecule has 2 aromatic rings. The first kappa shape index (κ1) is 21.4. The van der Waals surface area contributed by atoms with Crippen molar-refractivity contribution in [3.05, 3.63) is 56.0 Å². The Bertz CT molecular complexity index is 1030. The van der Waals surface area contributed by atoms with Crippen molar-refractivity contribution in [3.63, 3.8) is 0 Å². The first-order chi connectivity index (χ1) is 13.2. The van der Waals surface area contributed by atoms with Crippen LogP contribution in [0, 0.1) is 0 Å². The predicted octanol–water partition coefficient (Wildman–Crippen LogP) is 4.58. The highest BCUT2D eigenvalue weighted by molar-refractivity contribution is 9.10. The van der Waals surface area contributed by atoms with Gasteiger partial charge in [-0.1, -0.05) is 39.1 Å². The number of fused-ring (bicyclic) bond motifs is 1. The maximum Gasteiger partial charge on any atom is 0.341 e. The van der Waals surface area contributed by atoms with Gasteiger partial charge < -0.3 is 9.84 Å². The second kappa shape index (κ2) is 8.59. The van der Waals surface area contributed by atoms with Crippen molar-refractivity contribution in [2.75, 3.05) is 6.61 Å². The SMILES string of the molecule is O=C(O)COc1cc(Br)cc2c1CCCC2NS(=O)(=O)c1cc(Cl)ccc1Cl. The van der Waals surface area contributed by atoms with Crippen LogP contribution in [-0.2, 0) is 21.2 Å². The fourth-order valence-electron chi connectivity index (χ4n) is 3.17.